The number of hydrogen-bond acceptors (Lipinski definition) is 5. The first kappa shape index (κ1) is 24.2. The average molecular weight is 491 g/mol. The molecule has 0 atom stereocenters. The number of hydrogen-bond donors (Lipinski definition) is 2. The number of aryl methyl sites for hydroxylation is 1. The quantitative estimate of drug-likeness (QED) is 0.486. The van der Waals surface area contributed by atoms with Gasteiger partial charge in [-0.1, -0.05) is 6.92 Å². The van der Waals surface area contributed by atoms with Crippen molar-refractivity contribution in [1.82, 2.24) is 20.2 Å². The summed E-state index contributed by atoms with van der Waals surface area (Å²) in [6.07, 6.45) is 6.19. The van der Waals surface area contributed by atoms with Crippen molar-refractivity contribution in [2.45, 2.75) is 52.0 Å². The summed E-state index contributed by atoms with van der Waals surface area (Å²) in [4.78, 5) is 35.2. The van der Waals surface area contributed by atoms with Gasteiger partial charge in [0.15, 0.2) is 0 Å². The predicted octanol–water partition coefficient (Wildman–Crippen LogP) is 4.47. The minimum atomic E-state index is -0.136. The van der Waals surface area contributed by atoms with Gasteiger partial charge in [0.25, 0.3) is 5.91 Å². The molecule has 1 aliphatic carbocycles. The van der Waals surface area contributed by atoms with Crippen LogP contribution in [0.5, 0.6) is 11.5 Å². The highest BCUT2D eigenvalue weighted by Crippen LogP contribution is 2.39. The van der Waals surface area contributed by atoms with E-state index in [-0.39, 0.29) is 17.9 Å². The van der Waals surface area contributed by atoms with Crippen molar-refractivity contribution in [2.75, 3.05) is 26.8 Å². The fourth-order valence-corrected chi connectivity index (χ4v) is 4.93. The number of methoxy groups -OCH3 is 1. The third kappa shape index (κ3) is 4.90. The number of nitrogens with zero attached hydrogens (tertiary/aromatic N) is 2. The van der Waals surface area contributed by atoms with Gasteiger partial charge in [0, 0.05) is 54.6 Å². The molecule has 5 rings (SSSR count). The Bertz CT molecular complexity index is 1270. The summed E-state index contributed by atoms with van der Waals surface area (Å²) in [6, 6.07) is 7.83. The molecular weight excluding hydrogens is 456 g/mol. The number of benzene rings is 1. The molecular formula is C28H34N4O4. The summed E-state index contributed by atoms with van der Waals surface area (Å²) in [7, 11) is 1.65. The lowest BCUT2D eigenvalue weighted by atomic mass is 10.0. The first-order valence-electron chi connectivity index (χ1n) is 12.9. The van der Waals surface area contributed by atoms with Gasteiger partial charge in [0.05, 0.1) is 24.8 Å². The Morgan fingerprint density at radius 3 is 2.61 bits per heavy atom. The van der Waals surface area contributed by atoms with Gasteiger partial charge >= 0.3 is 0 Å². The topological polar surface area (TPSA) is 96.6 Å². The molecule has 1 aromatic carbocycles. The van der Waals surface area contributed by atoms with Crippen molar-refractivity contribution >= 4 is 22.8 Å². The van der Waals surface area contributed by atoms with E-state index in [1.807, 2.05) is 43.0 Å². The van der Waals surface area contributed by atoms with Crippen molar-refractivity contribution in [2.24, 2.45) is 5.92 Å². The maximum absolute atomic E-state index is 13.4. The third-order valence-electron chi connectivity index (χ3n) is 7.24. The molecule has 3 heterocycles. The Morgan fingerprint density at radius 1 is 1.14 bits per heavy atom. The minimum absolute atomic E-state index is 0.0370. The van der Waals surface area contributed by atoms with E-state index in [0.29, 0.717) is 43.1 Å². The van der Waals surface area contributed by atoms with Crippen LogP contribution in [0, 0.1) is 12.8 Å². The van der Waals surface area contributed by atoms with Crippen LogP contribution in [0.15, 0.2) is 30.5 Å². The van der Waals surface area contributed by atoms with Gasteiger partial charge < -0.3 is 24.7 Å². The van der Waals surface area contributed by atoms with E-state index < -0.39 is 0 Å². The lowest BCUT2D eigenvalue weighted by molar-refractivity contribution is -0.131. The van der Waals surface area contributed by atoms with E-state index in [4.69, 9.17) is 9.47 Å². The number of piperidine rings is 1. The van der Waals surface area contributed by atoms with Crippen molar-refractivity contribution in [3.8, 4) is 22.6 Å². The van der Waals surface area contributed by atoms with Gasteiger partial charge in [-0.25, -0.2) is 0 Å². The van der Waals surface area contributed by atoms with Crippen LogP contribution >= 0.6 is 0 Å². The zero-order valence-corrected chi connectivity index (χ0v) is 21.2. The van der Waals surface area contributed by atoms with Gasteiger partial charge in [0.2, 0.25) is 5.91 Å². The highest BCUT2D eigenvalue weighted by atomic mass is 16.5. The van der Waals surface area contributed by atoms with Crippen molar-refractivity contribution < 1.29 is 19.1 Å². The van der Waals surface area contributed by atoms with Gasteiger partial charge in [-0.15, -0.1) is 0 Å². The van der Waals surface area contributed by atoms with Gasteiger partial charge in [-0.3, -0.25) is 14.6 Å². The van der Waals surface area contributed by atoms with E-state index in [0.717, 1.165) is 46.7 Å². The summed E-state index contributed by atoms with van der Waals surface area (Å²) in [5.41, 5.74) is 4.66. The highest BCUT2D eigenvalue weighted by molar-refractivity contribution is 6.09. The van der Waals surface area contributed by atoms with Crippen LogP contribution in [0.2, 0.25) is 0 Å². The summed E-state index contributed by atoms with van der Waals surface area (Å²) >= 11 is 0. The molecule has 8 heteroatoms. The largest absolute Gasteiger partial charge is 0.497 e. The fourth-order valence-electron chi connectivity index (χ4n) is 4.93. The predicted molar refractivity (Wildman–Crippen MR) is 138 cm³/mol. The number of carbonyl (C=O) groups excluding carboxylic acids is 2. The summed E-state index contributed by atoms with van der Waals surface area (Å²) < 4.78 is 11.6. The zero-order valence-electron chi connectivity index (χ0n) is 21.2. The van der Waals surface area contributed by atoms with Crippen LogP contribution in [-0.4, -0.2) is 59.5 Å². The molecule has 1 saturated carbocycles. The molecule has 2 fully saturated rings. The van der Waals surface area contributed by atoms with Crippen LogP contribution < -0.4 is 14.8 Å². The van der Waals surface area contributed by atoms with E-state index in [9.17, 15) is 9.59 Å². The van der Waals surface area contributed by atoms with Crippen molar-refractivity contribution in [1.29, 1.82) is 0 Å². The number of H-pyrrole nitrogens is 1. The maximum Gasteiger partial charge on any atom is 0.255 e. The number of aromatic amines is 1. The van der Waals surface area contributed by atoms with Crippen LogP contribution in [0.25, 0.3) is 22.2 Å². The van der Waals surface area contributed by atoms with Crippen LogP contribution in [0.1, 0.15) is 55.1 Å². The molecule has 0 unspecified atom stereocenters. The Hall–Kier alpha value is -3.55. The Labute approximate surface area is 211 Å². The van der Waals surface area contributed by atoms with E-state index in [1.54, 1.807) is 13.3 Å². The van der Waals surface area contributed by atoms with E-state index >= 15 is 0 Å². The van der Waals surface area contributed by atoms with Crippen LogP contribution in [0.4, 0.5) is 0 Å². The number of fused-ring (bicyclic) bond motifs is 1. The normalized spacial score (nSPS) is 16.2. The van der Waals surface area contributed by atoms with E-state index in [1.165, 1.54) is 12.8 Å². The molecule has 8 nitrogen and oxygen atoms in total. The number of ether oxygens (including phenoxy) is 2. The number of pyridine rings is 1. The van der Waals surface area contributed by atoms with Crippen molar-refractivity contribution in [3.05, 3.63) is 41.7 Å². The van der Waals surface area contributed by atoms with Crippen molar-refractivity contribution in [3.63, 3.8) is 0 Å². The Morgan fingerprint density at radius 2 is 1.92 bits per heavy atom. The molecule has 0 radical (unpaired) electrons. The zero-order chi connectivity index (χ0) is 25.2. The minimum Gasteiger partial charge on any atom is -0.497 e. The summed E-state index contributed by atoms with van der Waals surface area (Å²) in [5, 5.41) is 3.18. The monoisotopic (exact) mass is 490 g/mol. The molecule has 1 saturated heterocycles. The lowest BCUT2D eigenvalue weighted by Gasteiger charge is -2.32. The number of likely N-dealkylation sites (tertiary alicyclic amines) is 1. The van der Waals surface area contributed by atoms with E-state index in [2.05, 4.69) is 15.3 Å². The maximum atomic E-state index is 13.4. The van der Waals surface area contributed by atoms with Gasteiger partial charge in [0.1, 0.15) is 17.0 Å². The Kier molecular flexibility index (Phi) is 6.85. The van der Waals surface area contributed by atoms with Crippen LogP contribution in [0.3, 0.4) is 0 Å². The molecule has 2 aromatic heterocycles. The SMILES string of the molecule is CCC(=O)N1CCC(NC(=O)c2c(C)[nH]c3c(-c4ccc(OC)cc4OCC4CC4)ccnc23)CC1. The first-order chi connectivity index (χ1) is 17.5. The molecule has 1 aliphatic heterocycles. The first-order valence-corrected chi connectivity index (χ1v) is 12.9. The second-order valence-electron chi connectivity index (χ2n) is 9.81. The molecule has 0 bridgehead atoms. The summed E-state index contributed by atoms with van der Waals surface area (Å²) in [5.74, 6) is 2.16. The molecule has 2 N–H and O–H groups in total. The standard InChI is InChI=1S/C28H34N4O4/c1-4-24(33)32-13-10-19(11-14-32)31-28(34)25-17(2)30-26-22(9-12-29-27(25)26)21-8-7-20(35-3)15-23(21)36-16-18-5-6-18/h7-9,12,15,18-19,30H,4-6,10-11,13-14,16H2,1-3H3,(H,31,34). The number of amides is 2. The number of carbonyl (C=O) groups is 2. The number of aromatic nitrogens is 2. The average Bonchev–Trinajstić information content (AvgIpc) is 3.66. The molecule has 36 heavy (non-hydrogen) atoms. The summed E-state index contributed by atoms with van der Waals surface area (Å²) in [6.45, 7) is 5.82. The number of nitrogens with one attached hydrogen (secondary N) is 2. The van der Waals surface area contributed by atoms with Crippen LogP contribution in [-0.2, 0) is 4.79 Å². The molecule has 3 aromatic rings. The van der Waals surface area contributed by atoms with Gasteiger partial charge in [-0.05, 0) is 56.7 Å². The third-order valence-corrected chi connectivity index (χ3v) is 7.24. The second-order valence-corrected chi connectivity index (χ2v) is 9.81. The lowest BCUT2D eigenvalue weighted by Crippen LogP contribution is -2.46. The fraction of sp³-hybridized carbons (Fsp3) is 0.464. The molecule has 2 aliphatic rings. The second kappa shape index (κ2) is 10.2. The highest BCUT2D eigenvalue weighted by Gasteiger charge is 2.27. The van der Waals surface area contributed by atoms with Gasteiger partial charge in [-0.2, -0.15) is 0 Å². The smallest absolute Gasteiger partial charge is 0.255 e. The molecule has 0 spiro atoms. The molecule has 190 valence electrons. The number of rotatable bonds is 8. The molecule has 2 amide bonds. The Balaban J connectivity index is 1.41.